The number of rotatable bonds is 6. The fraction of sp³-hybridized carbons (Fsp3) is 0.158. The van der Waals surface area contributed by atoms with Crippen molar-refractivity contribution in [3.63, 3.8) is 0 Å². The van der Waals surface area contributed by atoms with E-state index in [0.29, 0.717) is 17.3 Å². The number of non-ortho nitro benzene ring substituents is 1. The first-order valence-corrected chi connectivity index (χ1v) is 9.30. The van der Waals surface area contributed by atoms with Crippen molar-refractivity contribution >= 4 is 40.5 Å². The number of benzene rings is 2. The summed E-state index contributed by atoms with van der Waals surface area (Å²) in [6.07, 6.45) is 1.53. The van der Waals surface area contributed by atoms with E-state index < -0.39 is 10.8 Å². The van der Waals surface area contributed by atoms with Gasteiger partial charge in [-0.15, -0.1) is 0 Å². The number of halogens is 2. The number of hydrogen-bond donors (Lipinski definition) is 1. The van der Waals surface area contributed by atoms with E-state index in [1.807, 2.05) is 6.92 Å². The van der Waals surface area contributed by atoms with Gasteiger partial charge in [-0.05, 0) is 37.6 Å². The number of nitro benzene ring substituents is 1. The van der Waals surface area contributed by atoms with Gasteiger partial charge in [0.25, 0.3) is 11.6 Å². The highest BCUT2D eigenvalue weighted by Crippen LogP contribution is 2.32. The molecule has 1 N–H and O–H groups in total. The maximum absolute atomic E-state index is 12.5. The van der Waals surface area contributed by atoms with Crippen molar-refractivity contribution < 1.29 is 14.5 Å². The summed E-state index contributed by atoms with van der Waals surface area (Å²) in [5.41, 5.74) is 0.713. The fourth-order valence-electron chi connectivity index (χ4n) is 2.58. The van der Waals surface area contributed by atoms with Crippen molar-refractivity contribution in [2.75, 3.05) is 5.32 Å². The largest absolute Gasteiger partial charge is 0.457 e. The van der Waals surface area contributed by atoms with Gasteiger partial charge in [0.05, 0.1) is 21.7 Å². The SMILES string of the molecule is CCn1cc(Cl)c(C(=O)Nc2cc(Oc3ccc(Cl)cc3C)cc([N+](=O)[O-])c2)n1. The van der Waals surface area contributed by atoms with Crippen LogP contribution < -0.4 is 10.1 Å². The number of nitrogens with zero attached hydrogens (tertiary/aromatic N) is 3. The molecular weight excluding hydrogens is 419 g/mol. The number of anilines is 1. The van der Waals surface area contributed by atoms with Gasteiger partial charge in [0, 0.05) is 29.9 Å². The van der Waals surface area contributed by atoms with Crippen LogP contribution >= 0.6 is 23.2 Å². The lowest BCUT2D eigenvalue weighted by atomic mass is 10.2. The molecular formula is C19H16Cl2N4O4. The van der Waals surface area contributed by atoms with Crippen LogP contribution in [0.5, 0.6) is 11.5 Å². The second kappa shape index (κ2) is 8.50. The number of nitro groups is 1. The lowest BCUT2D eigenvalue weighted by molar-refractivity contribution is -0.384. The number of nitrogens with one attached hydrogen (secondary N) is 1. The van der Waals surface area contributed by atoms with E-state index in [2.05, 4.69) is 10.4 Å². The minimum Gasteiger partial charge on any atom is -0.457 e. The summed E-state index contributed by atoms with van der Waals surface area (Å²) in [4.78, 5) is 23.2. The van der Waals surface area contributed by atoms with Crippen LogP contribution in [0.4, 0.5) is 11.4 Å². The number of aromatic nitrogens is 2. The van der Waals surface area contributed by atoms with Gasteiger partial charge >= 0.3 is 0 Å². The highest BCUT2D eigenvalue weighted by Gasteiger charge is 2.18. The third kappa shape index (κ3) is 4.85. The van der Waals surface area contributed by atoms with E-state index in [4.69, 9.17) is 27.9 Å². The number of hydrogen-bond acceptors (Lipinski definition) is 5. The molecule has 0 aliphatic carbocycles. The van der Waals surface area contributed by atoms with E-state index in [0.717, 1.165) is 5.56 Å². The third-order valence-electron chi connectivity index (χ3n) is 3.98. The predicted octanol–water partition coefficient (Wildman–Crippen LogP) is 5.47. The van der Waals surface area contributed by atoms with E-state index in [-0.39, 0.29) is 27.8 Å². The zero-order valence-electron chi connectivity index (χ0n) is 15.5. The van der Waals surface area contributed by atoms with Crippen molar-refractivity contribution in [2.24, 2.45) is 0 Å². The molecule has 150 valence electrons. The van der Waals surface area contributed by atoms with Crippen molar-refractivity contribution in [1.29, 1.82) is 0 Å². The van der Waals surface area contributed by atoms with Gasteiger partial charge < -0.3 is 10.1 Å². The molecule has 8 nitrogen and oxygen atoms in total. The molecule has 3 aromatic rings. The van der Waals surface area contributed by atoms with Crippen LogP contribution in [0, 0.1) is 17.0 Å². The number of carbonyl (C=O) groups is 1. The Bertz CT molecular complexity index is 1100. The van der Waals surface area contributed by atoms with Crippen LogP contribution in [0.3, 0.4) is 0 Å². The Morgan fingerprint density at radius 2 is 2.03 bits per heavy atom. The molecule has 1 amide bonds. The van der Waals surface area contributed by atoms with Crippen LogP contribution in [0.25, 0.3) is 0 Å². The lowest BCUT2D eigenvalue weighted by Crippen LogP contribution is -2.14. The Labute approximate surface area is 176 Å². The molecule has 0 spiro atoms. The normalized spacial score (nSPS) is 10.6. The molecule has 10 heteroatoms. The summed E-state index contributed by atoms with van der Waals surface area (Å²) in [5.74, 6) is 0.0818. The monoisotopic (exact) mass is 434 g/mol. The number of carbonyl (C=O) groups excluding carboxylic acids is 1. The quantitative estimate of drug-likeness (QED) is 0.409. The average Bonchev–Trinajstić information content (AvgIpc) is 3.05. The lowest BCUT2D eigenvalue weighted by Gasteiger charge is -2.11. The van der Waals surface area contributed by atoms with E-state index in [1.165, 1.54) is 29.1 Å². The zero-order chi connectivity index (χ0) is 21.1. The Hall–Kier alpha value is -3.10. The maximum Gasteiger partial charge on any atom is 0.277 e. The second-order valence-electron chi connectivity index (χ2n) is 6.12. The first-order chi connectivity index (χ1) is 13.8. The zero-order valence-corrected chi connectivity index (χ0v) is 17.0. The van der Waals surface area contributed by atoms with E-state index >= 15 is 0 Å². The summed E-state index contributed by atoms with van der Waals surface area (Å²) in [5, 5.41) is 18.7. The maximum atomic E-state index is 12.5. The first kappa shape index (κ1) is 20.6. The molecule has 0 bridgehead atoms. The standard InChI is InChI=1S/C19H16Cl2N4O4/c1-3-24-10-16(21)18(23-24)19(26)22-13-7-14(25(27)28)9-15(8-13)29-17-5-4-12(20)6-11(17)2/h4-10H,3H2,1-2H3,(H,22,26). The summed E-state index contributed by atoms with van der Waals surface area (Å²) in [6.45, 7) is 4.20. The molecule has 0 saturated heterocycles. The molecule has 0 aliphatic heterocycles. The number of amides is 1. The third-order valence-corrected chi connectivity index (χ3v) is 4.49. The molecule has 29 heavy (non-hydrogen) atoms. The molecule has 0 fully saturated rings. The van der Waals surface area contributed by atoms with Gasteiger partial charge in [-0.25, -0.2) is 0 Å². The Kier molecular flexibility index (Phi) is 6.05. The number of aryl methyl sites for hydroxylation is 2. The molecule has 2 aromatic carbocycles. The smallest absolute Gasteiger partial charge is 0.277 e. The van der Waals surface area contributed by atoms with Crippen LogP contribution in [-0.4, -0.2) is 20.6 Å². The van der Waals surface area contributed by atoms with Gasteiger partial charge in [-0.2, -0.15) is 5.10 Å². The predicted molar refractivity (Wildman–Crippen MR) is 110 cm³/mol. The molecule has 0 aliphatic rings. The van der Waals surface area contributed by atoms with E-state index in [9.17, 15) is 14.9 Å². The van der Waals surface area contributed by atoms with Crippen LogP contribution in [0.15, 0.2) is 42.6 Å². The van der Waals surface area contributed by atoms with Crippen molar-refractivity contribution in [3.05, 3.63) is 74.0 Å². The summed E-state index contributed by atoms with van der Waals surface area (Å²) in [7, 11) is 0. The molecule has 3 rings (SSSR count). The van der Waals surface area contributed by atoms with Crippen molar-refractivity contribution in [2.45, 2.75) is 20.4 Å². The second-order valence-corrected chi connectivity index (χ2v) is 6.96. The molecule has 0 saturated carbocycles. The Balaban J connectivity index is 1.91. The molecule has 0 radical (unpaired) electrons. The molecule has 0 atom stereocenters. The molecule has 1 heterocycles. The van der Waals surface area contributed by atoms with Gasteiger partial charge in [0.1, 0.15) is 11.5 Å². The van der Waals surface area contributed by atoms with Crippen LogP contribution in [0.1, 0.15) is 23.0 Å². The van der Waals surface area contributed by atoms with Crippen LogP contribution in [0.2, 0.25) is 10.0 Å². The Morgan fingerprint density at radius 1 is 1.28 bits per heavy atom. The topological polar surface area (TPSA) is 99.3 Å². The molecule has 0 unspecified atom stereocenters. The summed E-state index contributed by atoms with van der Waals surface area (Å²) < 4.78 is 7.28. The minimum atomic E-state index is -0.587. The van der Waals surface area contributed by atoms with Gasteiger partial charge in [0.15, 0.2) is 5.69 Å². The number of ether oxygens (including phenoxy) is 1. The van der Waals surface area contributed by atoms with Gasteiger partial charge in [-0.3, -0.25) is 19.6 Å². The molecule has 1 aromatic heterocycles. The van der Waals surface area contributed by atoms with Gasteiger partial charge in [-0.1, -0.05) is 23.2 Å². The van der Waals surface area contributed by atoms with Crippen molar-refractivity contribution in [1.82, 2.24) is 9.78 Å². The van der Waals surface area contributed by atoms with Crippen LogP contribution in [-0.2, 0) is 6.54 Å². The van der Waals surface area contributed by atoms with Crippen molar-refractivity contribution in [3.8, 4) is 11.5 Å². The highest BCUT2D eigenvalue weighted by molar-refractivity contribution is 6.34. The Morgan fingerprint density at radius 3 is 2.66 bits per heavy atom. The average molecular weight is 435 g/mol. The van der Waals surface area contributed by atoms with E-state index in [1.54, 1.807) is 25.1 Å². The minimum absolute atomic E-state index is 0.0241. The summed E-state index contributed by atoms with van der Waals surface area (Å²) in [6, 6.07) is 8.99. The summed E-state index contributed by atoms with van der Waals surface area (Å²) >= 11 is 12.0. The first-order valence-electron chi connectivity index (χ1n) is 8.54. The highest BCUT2D eigenvalue weighted by atomic mass is 35.5. The fourth-order valence-corrected chi connectivity index (χ4v) is 3.04. The van der Waals surface area contributed by atoms with Gasteiger partial charge in [0.2, 0.25) is 0 Å².